The van der Waals surface area contributed by atoms with Crippen molar-refractivity contribution in [1.29, 1.82) is 0 Å². The van der Waals surface area contributed by atoms with Crippen LogP contribution in [0.2, 0.25) is 0 Å². The maximum Gasteiger partial charge on any atom is 0.254 e. The molecule has 3 rings (SSSR count). The van der Waals surface area contributed by atoms with Gasteiger partial charge in [-0.1, -0.05) is 24.3 Å². The lowest BCUT2D eigenvalue weighted by Crippen LogP contribution is -2.55. The molecule has 6 nitrogen and oxygen atoms in total. The summed E-state index contributed by atoms with van der Waals surface area (Å²) in [4.78, 5) is 31.3. The lowest BCUT2D eigenvalue weighted by atomic mass is 9.92. The molecular weight excluding hydrogens is 342 g/mol. The molecular formula is C21H31N3O3. The van der Waals surface area contributed by atoms with Crippen LogP contribution in [0.4, 0.5) is 0 Å². The first-order valence-corrected chi connectivity index (χ1v) is 9.74. The highest BCUT2D eigenvalue weighted by Crippen LogP contribution is 2.33. The van der Waals surface area contributed by atoms with Crippen LogP contribution in [0.25, 0.3) is 0 Å². The normalized spacial score (nSPS) is 24.6. The van der Waals surface area contributed by atoms with Gasteiger partial charge < -0.3 is 19.4 Å². The van der Waals surface area contributed by atoms with Crippen LogP contribution in [-0.4, -0.2) is 80.0 Å². The first-order valence-electron chi connectivity index (χ1n) is 9.74. The second-order valence-electron chi connectivity index (χ2n) is 8.07. The topological polar surface area (TPSA) is 53.1 Å². The third-order valence-electron chi connectivity index (χ3n) is 5.78. The summed E-state index contributed by atoms with van der Waals surface area (Å²) >= 11 is 0. The number of carbonyl (C=O) groups excluding carboxylic acids is 2. The molecule has 0 N–H and O–H groups in total. The van der Waals surface area contributed by atoms with Crippen LogP contribution >= 0.6 is 0 Å². The number of amides is 2. The summed E-state index contributed by atoms with van der Waals surface area (Å²) in [7, 11) is 5.95. The van der Waals surface area contributed by atoms with Gasteiger partial charge in [-0.2, -0.15) is 0 Å². The molecule has 0 aromatic heterocycles. The second-order valence-corrected chi connectivity index (χ2v) is 8.07. The van der Waals surface area contributed by atoms with E-state index in [2.05, 4.69) is 19.0 Å². The Morgan fingerprint density at radius 1 is 1.22 bits per heavy atom. The van der Waals surface area contributed by atoms with Gasteiger partial charge in [-0.15, -0.1) is 0 Å². The van der Waals surface area contributed by atoms with Crippen LogP contribution in [0.1, 0.15) is 30.0 Å². The summed E-state index contributed by atoms with van der Waals surface area (Å²) in [6, 6.07) is 7.54. The van der Waals surface area contributed by atoms with Crippen LogP contribution in [-0.2, 0) is 14.3 Å². The Labute approximate surface area is 162 Å². The van der Waals surface area contributed by atoms with E-state index in [-0.39, 0.29) is 24.5 Å². The zero-order valence-corrected chi connectivity index (χ0v) is 16.9. The molecule has 0 saturated carbocycles. The predicted octanol–water partition coefficient (Wildman–Crippen LogP) is 1.69. The standard InChI is InChI=1S/C21H31N3O3/c1-15-7-5-6-8-17(15)19-20(27-14-18(25)23(19)4)21(26)24-11-9-16(10-12-24)13-22(2)3/h5-8,16,19-20H,9-14H2,1-4H3/t19-,20+/m1/s1. The van der Waals surface area contributed by atoms with Gasteiger partial charge >= 0.3 is 0 Å². The molecule has 2 amide bonds. The van der Waals surface area contributed by atoms with Crippen molar-refractivity contribution in [1.82, 2.24) is 14.7 Å². The third-order valence-corrected chi connectivity index (χ3v) is 5.78. The van der Waals surface area contributed by atoms with E-state index in [0.29, 0.717) is 5.92 Å². The van der Waals surface area contributed by atoms with Gasteiger partial charge in [0.1, 0.15) is 6.61 Å². The molecule has 6 heteroatoms. The fourth-order valence-electron chi connectivity index (χ4n) is 4.24. The number of nitrogens with zero attached hydrogens (tertiary/aromatic N) is 3. The number of morpholine rings is 1. The Hall–Kier alpha value is -1.92. The molecule has 1 aromatic rings. The van der Waals surface area contributed by atoms with E-state index in [1.165, 1.54) is 0 Å². The van der Waals surface area contributed by atoms with E-state index in [1.54, 1.807) is 11.9 Å². The van der Waals surface area contributed by atoms with E-state index in [0.717, 1.165) is 43.6 Å². The number of ether oxygens (including phenoxy) is 1. The van der Waals surface area contributed by atoms with Crippen molar-refractivity contribution in [2.75, 3.05) is 47.4 Å². The fourth-order valence-corrected chi connectivity index (χ4v) is 4.24. The van der Waals surface area contributed by atoms with Gasteiger partial charge in [-0.3, -0.25) is 9.59 Å². The lowest BCUT2D eigenvalue weighted by molar-refractivity contribution is -0.168. The number of piperidine rings is 1. The van der Waals surface area contributed by atoms with Crippen molar-refractivity contribution in [2.24, 2.45) is 5.92 Å². The monoisotopic (exact) mass is 373 g/mol. The van der Waals surface area contributed by atoms with E-state index in [1.807, 2.05) is 36.1 Å². The number of hydrogen-bond acceptors (Lipinski definition) is 4. The molecule has 2 heterocycles. The number of benzene rings is 1. The van der Waals surface area contributed by atoms with Crippen LogP contribution < -0.4 is 0 Å². The van der Waals surface area contributed by atoms with Gasteiger partial charge in [-0.05, 0) is 50.9 Å². The van der Waals surface area contributed by atoms with E-state index in [4.69, 9.17) is 4.74 Å². The quantitative estimate of drug-likeness (QED) is 0.806. The van der Waals surface area contributed by atoms with Gasteiger partial charge in [-0.25, -0.2) is 0 Å². The average Bonchev–Trinajstić information content (AvgIpc) is 2.64. The second kappa shape index (κ2) is 8.40. The zero-order valence-electron chi connectivity index (χ0n) is 16.9. The van der Waals surface area contributed by atoms with E-state index < -0.39 is 6.10 Å². The number of likely N-dealkylation sites (tertiary alicyclic amines) is 1. The van der Waals surface area contributed by atoms with Crippen LogP contribution in [0.3, 0.4) is 0 Å². The maximum atomic E-state index is 13.3. The summed E-state index contributed by atoms with van der Waals surface area (Å²) in [6.45, 7) is 4.55. The molecule has 0 radical (unpaired) electrons. The minimum absolute atomic E-state index is 0.00547. The largest absolute Gasteiger partial charge is 0.356 e. The Balaban J connectivity index is 1.76. The third kappa shape index (κ3) is 4.33. The molecule has 2 fully saturated rings. The molecule has 0 unspecified atom stereocenters. The summed E-state index contributed by atoms with van der Waals surface area (Å²) in [5.74, 6) is 0.552. The number of likely N-dealkylation sites (N-methyl/N-ethyl adjacent to an activating group) is 1. The summed E-state index contributed by atoms with van der Waals surface area (Å²) < 4.78 is 5.80. The summed E-state index contributed by atoms with van der Waals surface area (Å²) in [6.07, 6.45) is 1.39. The van der Waals surface area contributed by atoms with Crippen LogP contribution in [0.5, 0.6) is 0 Å². The highest BCUT2D eigenvalue weighted by Gasteiger charge is 2.42. The summed E-state index contributed by atoms with van der Waals surface area (Å²) in [5.41, 5.74) is 2.05. The van der Waals surface area contributed by atoms with Crippen molar-refractivity contribution in [3.8, 4) is 0 Å². The number of hydrogen-bond donors (Lipinski definition) is 0. The van der Waals surface area contributed by atoms with Crippen molar-refractivity contribution in [2.45, 2.75) is 31.9 Å². The Bertz CT molecular complexity index is 683. The molecule has 0 spiro atoms. The molecule has 2 aliphatic heterocycles. The van der Waals surface area contributed by atoms with Crippen molar-refractivity contribution in [3.63, 3.8) is 0 Å². The van der Waals surface area contributed by atoms with Gasteiger partial charge in [0.15, 0.2) is 6.10 Å². The van der Waals surface area contributed by atoms with Gasteiger partial charge in [0.25, 0.3) is 5.91 Å². The molecule has 2 saturated heterocycles. The van der Waals surface area contributed by atoms with Crippen molar-refractivity contribution < 1.29 is 14.3 Å². The highest BCUT2D eigenvalue weighted by molar-refractivity contribution is 5.86. The van der Waals surface area contributed by atoms with Gasteiger partial charge in [0.2, 0.25) is 5.91 Å². The van der Waals surface area contributed by atoms with Gasteiger partial charge in [0, 0.05) is 26.7 Å². The molecule has 0 aliphatic carbocycles. The molecule has 0 bridgehead atoms. The summed E-state index contributed by atoms with van der Waals surface area (Å²) in [5, 5.41) is 0. The Morgan fingerprint density at radius 2 is 1.89 bits per heavy atom. The fraction of sp³-hybridized carbons (Fsp3) is 0.619. The molecule has 2 aliphatic rings. The Kier molecular flexibility index (Phi) is 6.17. The molecule has 2 atom stereocenters. The Morgan fingerprint density at radius 3 is 2.52 bits per heavy atom. The van der Waals surface area contributed by atoms with Crippen molar-refractivity contribution in [3.05, 3.63) is 35.4 Å². The first-order chi connectivity index (χ1) is 12.9. The van der Waals surface area contributed by atoms with E-state index in [9.17, 15) is 9.59 Å². The van der Waals surface area contributed by atoms with E-state index >= 15 is 0 Å². The maximum absolute atomic E-state index is 13.3. The van der Waals surface area contributed by atoms with Crippen molar-refractivity contribution >= 4 is 11.8 Å². The molecule has 148 valence electrons. The lowest BCUT2D eigenvalue weighted by Gasteiger charge is -2.42. The average molecular weight is 373 g/mol. The molecule has 27 heavy (non-hydrogen) atoms. The highest BCUT2D eigenvalue weighted by atomic mass is 16.5. The minimum Gasteiger partial charge on any atom is -0.356 e. The first kappa shape index (κ1) is 19.8. The zero-order chi connectivity index (χ0) is 19.6. The molecule has 1 aromatic carbocycles. The SMILES string of the molecule is Cc1ccccc1[C@@H]1[C@@H](C(=O)N2CCC(CN(C)C)CC2)OCC(=O)N1C. The minimum atomic E-state index is -0.640. The number of carbonyl (C=O) groups is 2. The smallest absolute Gasteiger partial charge is 0.254 e. The predicted molar refractivity (Wildman–Crippen MR) is 104 cm³/mol. The number of rotatable bonds is 4. The van der Waals surface area contributed by atoms with Crippen LogP contribution in [0, 0.1) is 12.8 Å². The van der Waals surface area contributed by atoms with Gasteiger partial charge in [0.05, 0.1) is 6.04 Å². The van der Waals surface area contributed by atoms with Crippen LogP contribution in [0.15, 0.2) is 24.3 Å². The number of aryl methyl sites for hydroxylation is 1.